The highest BCUT2D eigenvalue weighted by atomic mass is 16.5. The molecule has 1 atom stereocenters. The normalized spacial score (nSPS) is 17.6. The molecule has 0 fully saturated rings. The summed E-state index contributed by atoms with van der Waals surface area (Å²) in [4.78, 5) is 12.8. The van der Waals surface area contributed by atoms with E-state index in [-0.39, 0.29) is 23.7 Å². The van der Waals surface area contributed by atoms with Crippen LogP contribution in [0, 0.1) is 0 Å². The molecular weight excluding hydrogens is 342 g/mol. The summed E-state index contributed by atoms with van der Waals surface area (Å²) in [6.07, 6.45) is 0.787. The van der Waals surface area contributed by atoms with Gasteiger partial charge in [0.25, 0.3) is 5.91 Å². The topological polar surface area (TPSA) is 56.8 Å². The fourth-order valence-electron chi connectivity index (χ4n) is 3.29. The summed E-state index contributed by atoms with van der Waals surface area (Å²) in [7, 11) is 1.63. The molecule has 2 aromatic rings. The highest BCUT2D eigenvalue weighted by Crippen LogP contribution is 2.41. The Labute approximate surface area is 160 Å². The third-order valence-corrected chi connectivity index (χ3v) is 4.47. The van der Waals surface area contributed by atoms with Gasteiger partial charge in [0.05, 0.1) is 19.3 Å². The van der Waals surface area contributed by atoms with Crippen molar-refractivity contribution in [2.45, 2.75) is 51.9 Å². The van der Waals surface area contributed by atoms with Gasteiger partial charge in [0.1, 0.15) is 22.8 Å². The molecule has 0 unspecified atom stereocenters. The second kappa shape index (κ2) is 7.51. The molecule has 144 valence electrons. The Hall–Kier alpha value is -2.69. The van der Waals surface area contributed by atoms with Crippen molar-refractivity contribution in [3.05, 3.63) is 53.6 Å². The monoisotopic (exact) mass is 369 g/mol. The number of ether oxygens (including phenoxy) is 3. The Morgan fingerprint density at radius 1 is 1.15 bits per heavy atom. The molecule has 0 aromatic heterocycles. The van der Waals surface area contributed by atoms with E-state index in [2.05, 4.69) is 5.32 Å². The fourth-order valence-corrected chi connectivity index (χ4v) is 3.29. The van der Waals surface area contributed by atoms with Crippen molar-refractivity contribution in [1.29, 1.82) is 0 Å². The number of amides is 1. The van der Waals surface area contributed by atoms with Crippen LogP contribution in [-0.4, -0.2) is 24.7 Å². The highest BCUT2D eigenvalue weighted by molar-refractivity contribution is 5.94. The second-order valence-corrected chi connectivity index (χ2v) is 7.69. The summed E-state index contributed by atoms with van der Waals surface area (Å²) in [6.45, 7) is 7.99. The van der Waals surface area contributed by atoms with E-state index in [1.165, 1.54) is 0 Å². The lowest BCUT2D eigenvalue weighted by Gasteiger charge is -2.38. The van der Waals surface area contributed by atoms with Crippen LogP contribution >= 0.6 is 0 Å². The average Bonchev–Trinajstić information content (AvgIpc) is 2.60. The van der Waals surface area contributed by atoms with E-state index in [0.717, 1.165) is 22.8 Å². The molecule has 2 aromatic carbocycles. The Morgan fingerprint density at radius 2 is 1.81 bits per heavy atom. The third-order valence-electron chi connectivity index (χ3n) is 4.47. The van der Waals surface area contributed by atoms with E-state index in [1.54, 1.807) is 19.2 Å². The van der Waals surface area contributed by atoms with Crippen molar-refractivity contribution in [3.8, 4) is 17.2 Å². The molecule has 0 bridgehead atoms. The highest BCUT2D eigenvalue weighted by Gasteiger charge is 2.35. The lowest BCUT2D eigenvalue weighted by molar-refractivity contribution is 0.0617. The van der Waals surface area contributed by atoms with E-state index in [9.17, 15) is 4.79 Å². The van der Waals surface area contributed by atoms with Crippen molar-refractivity contribution in [2.24, 2.45) is 0 Å². The van der Waals surface area contributed by atoms with E-state index in [4.69, 9.17) is 14.2 Å². The molecule has 0 aliphatic carbocycles. The summed E-state index contributed by atoms with van der Waals surface area (Å²) in [6, 6.07) is 12.8. The smallest absolute Gasteiger partial charge is 0.251 e. The van der Waals surface area contributed by atoms with Gasteiger partial charge < -0.3 is 19.5 Å². The molecule has 1 heterocycles. The van der Waals surface area contributed by atoms with E-state index in [0.29, 0.717) is 12.0 Å². The summed E-state index contributed by atoms with van der Waals surface area (Å²) >= 11 is 0. The average molecular weight is 369 g/mol. The number of rotatable bonds is 5. The number of benzene rings is 2. The minimum absolute atomic E-state index is 0.0997. The van der Waals surface area contributed by atoms with Crippen LogP contribution in [0.5, 0.6) is 17.2 Å². The molecule has 5 nitrogen and oxygen atoms in total. The van der Waals surface area contributed by atoms with Gasteiger partial charge in [-0.15, -0.1) is 0 Å². The zero-order valence-corrected chi connectivity index (χ0v) is 16.5. The van der Waals surface area contributed by atoms with E-state index in [1.807, 2.05) is 58.0 Å². The number of nitrogens with one attached hydrogen (secondary N) is 1. The molecule has 0 spiro atoms. The summed E-state index contributed by atoms with van der Waals surface area (Å²) < 4.78 is 17.0. The van der Waals surface area contributed by atoms with E-state index >= 15 is 0 Å². The number of carbonyl (C=O) groups is 1. The molecule has 0 saturated heterocycles. The fraction of sp³-hybridized carbons (Fsp3) is 0.409. The SMILES string of the molecule is COc1ccc2c(c1)OC(C)(C)C[C@H]2NC(=O)c1ccc(OC(C)C)cc1. The van der Waals surface area contributed by atoms with Crippen LogP contribution in [0.2, 0.25) is 0 Å². The zero-order valence-electron chi connectivity index (χ0n) is 16.5. The van der Waals surface area contributed by atoms with Gasteiger partial charge in [-0.3, -0.25) is 4.79 Å². The van der Waals surface area contributed by atoms with Crippen LogP contribution in [0.1, 0.15) is 56.1 Å². The van der Waals surface area contributed by atoms with Gasteiger partial charge in [0, 0.05) is 23.6 Å². The van der Waals surface area contributed by atoms with Gasteiger partial charge in [-0.2, -0.15) is 0 Å². The maximum Gasteiger partial charge on any atom is 0.251 e. The minimum Gasteiger partial charge on any atom is -0.497 e. The van der Waals surface area contributed by atoms with Gasteiger partial charge in [0.15, 0.2) is 0 Å². The Bertz CT molecular complexity index is 812. The number of fused-ring (bicyclic) bond motifs is 1. The molecule has 1 aliphatic rings. The molecule has 3 rings (SSSR count). The van der Waals surface area contributed by atoms with Gasteiger partial charge in [-0.05, 0) is 64.1 Å². The van der Waals surface area contributed by atoms with Crippen molar-refractivity contribution in [2.75, 3.05) is 7.11 Å². The van der Waals surface area contributed by atoms with Crippen LogP contribution in [0.3, 0.4) is 0 Å². The molecule has 27 heavy (non-hydrogen) atoms. The largest absolute Gasteiger partial charge is 0.497 e. The molecule has 1 N–H and O–H groups in total. The van der Waals surface area contributed by atoms with Crippen LogP contribution in [0.25, 0.3) is 0 Å². The molecule has 0 radical (unpaired) electrons. The standard InChI is InChI=1S/C22H27NO4/c1-14(2)26-16-8-6-15(7-9-16)21(24)23-19-13-22(3,4)27-20-12-17(25-5)10-11-18(19)20/h6-12,14,19H,13H2,1-5H3,(H,23,24)/t19-/m1/s1. The first kappa shape index (κ1) is 19.1. The number of hydrogen-bond donors (Lipinski definition) is 1. The number of methoxy groups -OCH3 is 1. The van der Waals surface area contributed by atoms with Crippen LogP contribution in [0.15, 0.2) is 42.5 Å². The molecule has 1 amide bonds. The number of carbonyl (C=O) groups excluding carboxylic acids is 1. The van der Waals surface area contributed by atoms with Crippen LogP contribution in [0.4, 0.5) is 0 Å². The molecule has 0 saturated carbocycles. The van der Waals surface area contributed by atoms with Crippen molar-refractivity contribution in [3.63, 3.8) is 0 Å². The van der Waals surface area contributed by atoms with Crippen molar-refractivity contribution < 1.29 is 19.0 Å². The van der Waals surface area contributed by atoms with Gasteiger partial charge in [-0.25, -0.2) is 0 Å². The summed E-state index contributed by atoms with van der Waals surface area (Å²) in [5.41, 5.74) is 1.18. The second-order valence-electron chi connectivity index (χ2n) is 7.69. The van der Waals surface area contributed by atoms with Gasteiger partial charge in [0.2, 0.25) is 0 Å². The maximum absolute atomic E-state index is 12.8. The van der Waals surface area contributed by atoms with Crippen molar-refractivity contribution in [1.82, 2.24) is 5.32 Å². The van der Waals surface area contributed by atoms with Crippen molar-refractivity contribution >= 4 is 5.91 Å². The predicted molar refractivity (Wildman–Crippen MR) is 105 cm³/mol. The van der Waals surface area contributed by atoms with Crippen LogP contribution in [-0.2, 0) is 0 Å². The Kier molecular flexibility index (Phi) is 5.31. The Balaban J connectivity index is 1.79. The zero-order chi connectivity index (χ0) is 19.6. The molecular formula is C22H27NO4. The van der Waals surface area contributed by atoms with E-state index < -0.39 is 0 Å². The first-order chi connectivity index (χ1) is 12.8. The van der Waals surface area contributed by atoms with Gasteiger partial charge >= 0.3 is 0 Å². The predicted octanol–water partition coefficient (Wildman–Crippen LogP) is 4.51. The number of hydrogen-bond acceptors (Lipinski definition) is 4. The summed E-state index contributed by atoms with van der Waals surface area (Å²) in [5, 5.41) is 3.14. The quantitative estimate of drug-likeness (QED) is 0.842. The lowest BCUT2D eigenvalue weighted by Crippen LogP contribution is -2.41. The minimum atomic E-state index is -0.383. The Morgan fingerprint density at radius 3 is 2.44 bits per heavy atom. The maximum atomic E-state index is 12.8. The first-order valence-electron chi connectivity index (χ1n) is 9.22. The third kappa shape index (κ3) is 4.54. The molecule has 5 heteroatoms. The summed E-state index contributed by atoms with van der Waals surface area (Å²) in [5.74, 6) is 2.12. The van der Waals surface area contributed by atoms with Gasteiger partial charge in [-0.1, -0.05) is 0 Å². The lowest BCUT2D eigenvalue weighted by atomic mass is 9.89. The van der Waals surface area contributed by atoms with Crippen LogP contribution < -0.4 is 19.5 Å². The molecule has 1 aliphatic heterocycles. The first-order valence-corrected chi connectivity index (χ1v) is 9.22.